The van der Waals surface area contributed by atoms with Crippen LogP contribution in [0.1, 0.15) is 50.3 Å². The van der Waals surface area contributed by atoms with Gasteiger partial charge in [0, 0.05) is 18.5 Å². The molecule has 1 heterocycles. The topological polar surface area (TPSA) is 46.3 Å². The first-order valence-corrected chi connectivity index (χ1v) is 7.24. The van der Waals surface area contributed by atoms with Crippen molar-refractivity contribution in [3.05, 3.63) is 35.1 Å². The van der Waals surface area contributed by atoms with Crippen molar-refractivity contribution in [1.29, 1.82) is 0 Å². The first-order valence-electron chi connectivity index (χ1n) is 7.24. The van der Waals surface area contributed by atoms with Crippen LogP contribution in [-0.2, 0) is 4.79 Å². The van der Waals surface area contributed by atoms with Gasteiger partial charge in [-0.05, 0) is 50.8 Å². The van der Waals surface area contributed by atoms with E-state index in [-0.39, 0.29) is 29.8 Å². The quantitative estimate of drug-likeness (QED) is 0.904. The summed E-state index contributed by atoms with van der Waals surface area (Å²) in [5, 5.41) is 0. The third-order valence-electron chi connectivity index (χ3n) is 4.02. The molecule has 0 spiro atoms. The standard InChI is InChI=1S/C16H23FN2O/c1-10(2)19-15(20)6-4-5-14(18)16(19)12-8-7-11(3)13(17)9-12/h7-10,14,16H,4-6,18H2,1-3H3. The summed E-state index contributed by atoms with van der Waals surface area (Å²) in [5.41, 5.74) is 7.68. The van der Waals surface area contributed by atoms with Gasteiger partial charge in [-0.25, -0.2) is 4.39 Å². The minimum Gasteiger partial charge on any atom is -0.332 e. The molecule has 2 rings (SSSR count). The van der Waals surface area contributed by atoms with Crippen LogP contribution in [0.2, 0.25) is 0 Å². The molecule has 0 aliphatic carbocycles. The molecule has 0 saturated carbocycles. The van der Waals surface area contributed by atoms with Crippen molar-refractivity contribution in [2.45, 2.75) is 58.2 Å². The highest BCUT2D eigenvalue weighted by atomic mass is 19.1. The Hall–Kier alpha value is -1.42. The Morgan fingerprint density at radius 2 is 2.10 bits per heavy atom. The van der Waals surface area contributed by atoms with Gasteiger partial charge in [0.25, 0.3) is 0 Å². The number of likely N-dealkylation sites (tertiary alicyclic amines) is 1. The summed E-state index contributed by atoms with van der Waals surface area (Å²) >= 11 is 0. The van der Waals surface area contributed by atoms with Crippen molar-refractivity contribution in [1.82, 2.24) is 4.90 Å². The largest absolute Gasteiger partial charge is 0.332 e. The van der Waals surface area contributed by atoms with Crippen LogP contribution in [0.5, 0.6) is 0 Å². The number of rotatable bonds is 2. The Balaban J connectivity index is 2.45. The van der Waals surface area contributed by atoms with Gasteiger partial charge in [0.2, 0.25) is 5.91 Å². The van der Waals surface area contributed by atoms with Crippen molar-refractivity contribution in [2.24, 2.45) is 5.73 Å². The second-order valence-corrected chi connectivity index (χ2v) is 5.90. The summed E-state index contributed by atoms with van der Waals surface area (Å²) in [6, 6.07) is 4.84. The van der Waals surface area contributed by atoms with Crippen molar-refractivity contribution in [3.8, 4) is 0 Å². The van der Waals surface area contributed by atoms with Crippen molar-refractivity contribution < 1.29 is 9.18 Å². The minimum absolute atomic E-state index is 0.0565. The van der Waals surface area contributed by atoms with Crippen LogP contribution in [0.3, 0.4) is 0 Å². The molecule has 1 saturated heterocycles. The van der Waals surface area contributed by atoms with Gasteiger partial charge in [-0.2, -0.15) is 0 Å². The van der Waals surface area contributed by atoms with Crippen molar-refractivity contribution >= 4 is 5.91 Å². The van der Waals surface area contributed by atoms with Gasteiger partial charge in [-0.1, -0.05) is 12.1 Å². The molecule has 4 heteroatoms. The molecular formula is C16H23FN2O. The second kappa shape index (κ2) is 5.92. The molecule has 0 bridgehead atoms. The zero-order valence-electron chi connectivity index (χ0n) is 12.4. The molecule has 1 aromatic carbocycles. The van der Waals surface area contributed by atoms with E-state index in [1.165, 1.54) is 6.07 Å². The molecule has 2 unspecified atom stereocenters. The maximum atomic E-state index is 13.8. The summed E-state index contributed by atoms with van der Waals surface area (Å²) in [7, 11) is 0. The van der Waals surface area contributed by atoms with E-state index in [0.717, 1.165) is 18.4 Å². The lowest BCUT2D eigenvalue weighted by Gasteiger charge is -2.37. The Bertz CT molecular complexity index is 501. The van der Waals surface area contributed by atoms with Crippen LogP contribution < -0.4 is 5.73 Å². The smallest absolute Gasteiger partial charge is 0.223 e. The lowest BCUT2D eigenvalue weighted by Crippen LogP contribution is -2.45. The van der Waals surface area contributed by atoms with E-state index in [0.29, 0.717) is 12.0 Å². The fraction of sp³-hybridized carbons (Fsp3) is 0.562. The number of hydrogen-bond acceptors (Lipinski definition) is 2. The van der Waals surface area contributed by atoms with Gasteiger partial charge in [0.1, 0.15) is 5.82 Å². The van der Waals surface area contributed by atoms with Gasteiger partial charge in [-0.3, -0.25) is 4.79 Å². The van der Waals surface area contributed by atoms with Gasteiger partial charge < -0.3 is 10.6 Å². The summed E-state index contributed by atoms with van der Waals surface area (Å²) in [6.07, 6.45) is 2.11. The molecule has 1 aromatic rings. The number of aryl methyl sites for hydroxylation is 1. The molecule has 2 N–H and O–H groups in total. The first-order chi connectivity index (χ1) is 9.41. The lowest BCUT2D eigenvalue weighted by molar-refractivity contribution is -0.135. The van der Waals surface area contributed by atoms with Gasteiger partial charge in [0.05, 0.1) is 6.04 Å². The van der Waals surface area contributed by atoms with Crippen LogP contribution >= 0.6 is 0 Å². The number of hydrogen-bond donors (Lipinski definition) is 1. The van der Waals surface area contributed by atoms with Crippen LogP contribution in [0.4, 0.5) is 4.39 Å². The predicted octanol–water partition coefficient (Wildman–Crippen LogP) is 2.92. The Labute approximate surface area is 120 Å². The number of halogens is 1. The summed E-state index contributed by atoms with van der Waals surface area (Å²) in [4.78, 5) is 14.1. The van der Waals surface area contributed by atoms with Crippen molar-refractivity contribution in [3.63, 3.8) is 0 Å². The Kier molecular flexibility index (Phi) is 4.43. The summed E-state index contributed by atoms with van der Waals surface area (Å²) < 4.78 is 13.8. The highest BCUT2D eigenvalue weighted by molar-refractivity contribution is 5.77. The highest BCUT2D eigenvalue weighted by Crippen LogP contribution is 2.32. The molecule has 1 amide bonds. The minimum atomic E-state index is -0.241. The maximum Gasteiger partial charge on any atom is 0.223 e. The highest BCUT2D eigenvalue weighted by Gasteiger charge is 2.34. The number of nitrogens with zero attached hydrogens (tertiary/aromatic N) is 1. The van der Waals surface area contributed by atoms with E-state index in [1.54, 1.807) is 13.0 Å². The normalized spacial score (nSPS) is 24.1. The molecule has 1 aliphatic heterocycles. The molecule has 3 nitrogen and oxygen atoms in total. The summed E-state index contributed by atoms with van der Waals surface area (Å²) in [5.74, 6) is -0.131. The van der Waals surface area contributed by atoms with Crippen LogP contribution in [0.25, 0.3) is 0 Å². The second-order valence-electron chi connectivity index (χ2n) is 5.90. The average molecular weight is 278 g/mol. The van der Waals surface area contributed by atoms with Crippen molar-refractivity contribution in [2.75, 3.05) is 0 Å². The number of nitrogens with two attached hydrogens (primary N) is 1. The van der Waals surface area contributed by atoms with E-state index >= 15 is 0 Å². The van der Waals surface area contributed by atoms with Gasteiger partial charge in [0.15, 0.2) is 0 Å². The fourth-order valence-electron chi connectivity index (χ4n) is 2.95. The molecule has 1 fully saturated rings. The third-order valence-corrected chi connectivity index (χ3v) is 4.02. The van der Waals surface area contributed by atoms with Gasteiger partial charge in [-0.15, -0.1) is 0 Å². The first kappa shape index (κ1) is 15.0. The van der Waals surface area contributed by atoms with E-state index in [2.05, 4.69) is 0 Å². The Morgan fingerprint density at radius 3 is 2.70 bits per heavy atom. The number of benzene rings is 1. The molecular weight excluding hydrogens is 255 g/mol. The van der Waals surface area contributed by atoms with E-state index in [9.17, 15) is 9.18 Å². The molecule has 0 radical (unpaired) electrons. The number of carbonyl (C=O) groups excluding carboxylic acids is 1. The van der Waals surface area contributed by atoms with Gasteiger partial charge >= 0.3 is 0 Å². The predicted molar refractivity (Wildman–Crippen MR) is 77.7 cm³/mol. The molecule has 20 heavy (non-hydrogen) atoms. The van der Waals surface area contributed by atoms with Crippen LogP contribution in [0, 0.1) is 12.7 Å². The van der Waals surface area contributed by atoms with E-state index < -0.39 is 0 Å². The Morgan fingerprint density at radius 1 is 1.40 bits per heavy atom. The zero-order chi connectivity index (χ0) is 14.9. The SMILES string of the molecule is Cc1ccc(C2C(N)CCCC(=O)N2C(C)C)cc1F. The fourth-order valence-corrected chi connectivity index (χ4v) is 2.95. The summed E-state index contributed by atoms with van der Waals surface area (Å²) in [6.45, 7) is 5.69. The number of carbonyl (C=O) groups is 1. The zero-order valence-corrected chi connectivity index (χ0v) is 12.4. The van der Waals surface area contributed by atoms with E-state index in [1.807, 2.05) is 24.8 Å². The molecule has 2 atom stereocenters. The lowest BCUT2D eigenvalue weighted by atomic mass is 9.94. The molecule has 1 aliphatic rings. The maximum absolute atomic E-state index is 13.8. The average Bonchev–Trinajstić information content (AvgIpc) is 2.52. The molecule has 110 valence electrons. The monoisotopic (exact) mass is 278 g/mol. The number of amides is 1. The molecule has 0 aromatic heterocycles. The van der Waals surface area contributed by atoms with E-state index in [4.69, 9.17) is 5.73 Å². The van der Waals surface area contributed by atoms with Crippen LogP contribution in [0.15, 0.2) is 18.2 Å². The third kappa shape index (κ3) is 2.85. The van der Waals surface area contributed by atoms with Crippen LogP contribution in [-0.4, -0.2) is 22.9 Å².